The van der Waals surface area contributed by atoms with Gasteiger partial charge < -0.3 is 9.15 Å². The number of aryl methyl sites for hydroxylation is 2. The Hall–Kier alpha value is -2.88. The predicted molar refractivity (Wildman–Crippen MR) is 88.0 cm³/mol. The van der Waals surface area contributed by atoms with Crippen molar-refractivity contribution in [2.75, 3.05) is 0 Å². The molecule has 0 N–H and O–H groups in total. The van der Waals surface area contributed by atoms with Crippen molar-refractivity contribution < 1.29 is 13.9 Å². The van der Waals surface area contributed by atoms with E-state index in [-0.39, 0.29) is 0 Å². The summed E-state index contributed by atoms with van der Waals surface area (Å²) in [7, 11) is 0. The third-order valence-electron chi connectivity index (χ3n) is 3.79. The third kappa shape index (κ3) is 2.88. The number of benzene rings is 2. The van der Waals surface area contributed by atoms with Gasteiger partial charge in [0.2, 0.25) is 0 Å². The molecule has 23 heavy (non-hydrogen) atoms. The van der Waals surface area contributed by atoms with Crippen LogP contribution in [0.25, 0.3) is 11.0 Å². The van der Waals surface area contributed by atoms with Crippen LogP contribution < -0.4 is 10.4 Å². The molecule has 0 aliphatic carbocycles. The molecule has 1 aromatic heterocycles. The largest absolute Gasteiger partial charge is 0.423 e. The molecule has 0 fully saturated rings. The Labute approximate surface area is 133 Å². The highest BCUT2D eigenvalue weighted by atomic mass is 16.5. The number of ether oxygens (including phenoxy) is 1. The van der Waals surface area contributed by atoms with Gasteiger partial charge in [-0.05, 0) is 43.2 Å². The van der Waals surface area contributed by atoms with E-state index in [1.165, 1.54) is 6.07 Å². The highest BCUT2D eigenvalue weighted by Gasteiger charge is 2.14. The summed E-state index contributed by atoms with van der Waals surface area (Å²) < 4.78 is 10.8. The summed E-state index contributed by atoms with van der Waals surface area (Å²) in [4.78, 5) is 23.9. The maximum Gasteiger partial charge on any atom is 0.343 e. The fourth-order valence-corrected chi connectivity index (χ4v) is 2.54. The van der Waals surface area contributed by atoms with Gasteiger partial charge >= 0.3 is 11.6 Å². The van der Waals surface area contributed by atoms with Gasteiger partial charge in [-0.1, -0.05) is 25.1 Å². The molecule has 4 nitrogen and oxygen atoms in total. The van der Waals surface area contributed by atoms with E-state index in [4.69, 9.17) is 9.15 Å². The van der Waals surface area contributed by atoms with Crippen molar-refractivity contribution in [1.29, 1.82) is 0 Å². The summed E-state index contributed by atoms with van der Waals surface area (Å²) >= 11 is 0. The Balaban J connectivity index is 2.04. The molecule has 116 valence electrons. The Morgan fingerprint density at radius 2 is 1.87 bits per heavy atom. The zero-order valence-corrected chi connectivity index (χ0v) is 13.0. The Morgan fingerprint density at radius 3 is 2.57 bits per heavy atom. The molecule has 0 atom stereocenters. The highest BCUT2D eigenvalue weighted by Crippen LogP contribution is 2.29. The molecule has 0 saturated carbocycles. The second-order valence-electron chi connectivity index (χ2n) is 5.27. The smallest absolute Gasteiger partial charge is 0.343 e. The lowest BCUT2D eigenvalue weighted by Crippen LogP contribution is -2.09. The van der Waals surface area contributed by atoms with Crippen molar-refractivity contribution in [1.82, 2.24) is 0 Å². The van der Waals surface area contributed by atoms with Crippen LogP contribution in [0, 0.1) is 6.92 Å². The molecule has 1 heterocycles. The zero-order valence-electron chi connectivity index (χ0n) is 13.0. The molecular formula is C19H16O4. The summed E-state index contributed by atoms with van der Waals surface area (Å²) in [5, 5.41) is 0.865. The first-order valence-electron chi connectivity index (χ1n) is 7.43. The summed E-state index contributed by atoms with van der Waals surface area (Å²) in [6.07, 6.45) is 0.727. The quantitative estimate of drug-likeness (QED) is 0.418. The Bertz CT molecular complexity index is 923. The van der Waals surface area contributed by atoms with Gasteiger partial charge in [-0.25, -0.2) is 9.59 Å². The van der Waals surface area contributed by atoms with Gasteiger partial charge in [-0.15, -0.1) is 0 Å². The minimum absolute atomic E-state index is 0.391. The van der Waals surface area contributed by atoms with Gasteiger partial charge in [-0.2, -0.15) is 0 Å². The fraction of sp³-hybridized carbons (Fsp3) is 0.158. The minimum atomic E-state index is -0.443. The van der Waals surface area contributed by atoms with Crippen LogP contribution in [0.5, 0.6) is 5.75 Å². The van der Waals surface area contributed by atoms with E-state index < -0.39 is 11.6 Å². The van der Waals surface area contributed by atoms with Gasteiger partial charge in [0.1, 0.15) is 11.3 Å². The molecule has 3 aromatic rings. The second-order valence-corrected chi connectivity index (χ2v) is 5.27. The Kier molecular flexibility index (Phi) is 3.98. The van der Waals surface area contributed by atoms with Crippen LogP contribution in [0.15, 0.2) is 57.7 Å². The predicted octanol–water partition coefficient (Wildman–Crippen LogP) is 3.88. The van der Waals surface area contributed by atoms with Crippen LogP contribution in [-0.2, 0) is 6.42 Å². The number of hydrogen-bond donors (Lipinski definition) is 0. The first-order valence-corrected chi connectivity index (χ1v) is 7.43. The average molecular weight is 308 g/mol. The van der Waals surface area contributed by atoms with E-state index in [2.05, 4.69) is 0 Å². The van der Waals surface area contributed by atoms with E-state index >= 15 is 0 Å². The summed E-state index contributed by atoms with van der Waals surface area (Å²) in [5.74, 6) is -0.0511. The van der Waals surface area contributed by atoms with Gasteiger partial charge in [0.05, 0.1) is 5.56 Å². The lowest BCUT2D eigenvalue weighted by molar-refractivity contribution is 0.0733. The number of carbonyl (C=O) groups is 1. The van der Waals surface area contributed by atoms with Crippen LogP contribution in [0.4, 0.5) is 0 Å². The zero-order chi connectivity index (χ0) is 16.4. The third-order valence-corrected chi connectivity index (χ3v) is 3.79. The minimum Gasteiger partial charge on any atom is -0.423 e. The standard InChI is InChI=1S/C19H16O4/c1-3-13-11-17(20)23-18-12(2)16(10-9-15(13)18)22-19(21)14-7-5-4-6-8-14/h4-11H,3H2,1-2H3. The molecule has 0 saturated heterocycles. The molecule has 0 bridgehead atoms. The lowest BCUT2D eigenvalue weighted by Gasteiger charge is -2.10. The van der Waals surface area contributed by atoms with Crippen molar-refractivity contribution in [3.63, 3.8) is 0 Å². The number of fused-ring (bicyclic) bond motifs is 1. The maximum atomic E-state index is 12.2. The van der Waals surface area contributed by atoms with Crippen LogP contribution in [0.2, 0.25) is 0 Å². The number of carbonyl (C=O) groups excluding carboxylic acids is 1. The van der Waals surface area contributed by atoms with Gasteiger partial charge in [0.25, 0.3) is 0 Å². The van der Waals surface area contributed by atoms with Crippen molar-refractivity contribution >= 4 is 16.9 Å². The molecule has 0 aliphatic heterocycles. The van der Waals surface area contributed by atoms with Gasteiger partial charge in [0, 0.05) is 17.0 Å². The van der Waals surface area contributed by atoms with Crippen LogP contribution >= 0.6 is 0 Å². The molecule has 0 aliphatic rings. The van der Waals surface area contributed by atoms with E-state index in [1.807, 2.05) is 19.1 Å². The highest BCUT2D eigenvalue weighted by molar-refractivity contribution is 5.92. The van der Waals surface area contributed by atoms with Crippen molar-refractivity contribution in [3.05, 3.63) is 75.6 Å². The van der Waals surface area contributed by atoms with E-state index in [1.54, 1.807) is 37.3 Å². The first-order chi connectivity index (χ1) is 11.1. The summed E-state index contributed by atoms with van der Waals surface area (Å²) in [6, 6.07) is 13.8. The van der Waals surface area contributed by atoms with Gasteiger partial charge in [-0.3, -0.25) is 0 Å². The number of rotatable bonds is 3. The number of hydrogen-bond acceptors (Lipinski definition) is 4. The normalized spacial score (nSPS) is 10.7. The monoisotopic (exact) mass is 308 g/mol. The molecule has 0 unspecified atom stereocenters. The SMILES string of the molecule is CCc1cc(=O)oc2c(C)c(OC(=O)c3ccccc3)ccc12. The average Bonchev–Trinajstić information content (AvgIpc) is 2.57. The van der Waals surface area contributed by atoms with Crippen LogP contribution in [0.3, 0.4) is 0 Å². The summed E-state index contributed by atoms with van der Waals surface area (Å²) in [5.41, 5.74) is 2.09. The molecule has 0 radical (unpaired) electrons. The Morgan fingerprint density at radius 1 is 1.13 bits per heavy atom. The van der Waals surface area contributed by atoms with Crippen LogP contribution in [-0.4, -0.2) is 5.97 Å². The fourth-order valence-electron chi connectivity index (χ4n) is 2.54. The summed E-state index contributed by atoms with van der Waals surface area (Å²) in [6.45, 7) is 3.76. The molecule has 0 spiro atoms. The maximum absolute atomic E-state index is 12.2. The van der Waals surface area contributed by atoms with Crippen molar-refractivity contribution in [3.8, 4) is 5.75 Å². The second kappa shape index (κ2) is 6.08. The molecular weight excluding hydrogens is 292 g/mol. The lowest BCUT2D eigenvalue weighted by atomic mass is 10.0. The molecule has 4 heteroatoms. The molecule has 2 aromatic carbocycles. The van der Waals surface area contributed by atoms with Crippen molar-refractivity contribution in [2.45, 2.75) is 20.3 Å². The number of esters is 1. The van der Waals surface area contributed by atoms with E-state index in [9.17, 15) is 9.59 Å². The van der Waals surface area contributed by atoms with Crippen molar-refractivity contribution in [2.24, 2.45) is 0 Å². The topological polar surface area (TPSA) is 56.5 Å². The van der Waals surface area contributed by atoms with E-state index in [0.29, 0.717) is 22.5 Å². The van der Waals surface area contributed by atoms with Crippen LogP contribution in [0.1, 0.15) is 28.4 Å². The first kappa shape index (κ1) is 15.0. The molecule has 0 amide bonds. The van der Waals surface area contributed by atoms with Gasteiger partial charge in [0.15, 0.2) is 0 Å². The molecule has 3 rings (SSSR count). The van der Waals surface area contributed by atoms with E-state index in [0.717, 1.165) is 17.4 Å².